The van der Waals surface area contributed by atoms with E-state index in [1.54, 1.807) is 0 Å². The molecule has 1 aromatic heterocycles. The van der Waals surface area contributed by atoms with Gasteiger partial charge in [0.05, 0.1) is 12.3 Å². The van der Waals surface area contributed by atoms with Gasteiger partial charge in [-0.2, -0.15) is 5.10 Å². The molecule has 0 N–H and O–H groups in total. The lowest BCUT2D eigenvalue weighted by Crippen LogP contribution is -2.25. The zero-order valence-corrected chi connectivity index (χ0v) is 13.0. The molecule has 1 aromatic rings. The molecule has 2 rings (SSSR count). The predicted octanol–water partition coefficient (Wildman–Crippen LogP) is 2.49. The lowest BCUT2D eigenvalue weighted by Gasteiger charge is -2.20. The highest BCUT2D eigenvalue weighted by Gasteiger charge is 2.21. The second-order valence-electron chi connectivity index (χ2n) is 5.08. The molecule has 1 heterocycles. The molecule has 0 bridgehead atoms. The zero-order valence-electron chi connectivity index (χ0n) is 11.4. The molecule has 1 saturated carbocycles. The van der Waals surface area contributed by atoms with Crippen molar-refractivity contribution in [1.29, 1.82) is 0 Å². The molecule has 0 spiro atoms. The molecule has 0 unspecified atom stereocenters. The van der Waals surface area contributed by atoms with Crippen molar-refractivity contribution in [3.8, 4) is 0 Å². The van der Waals surface area contributed by atoms with Crippen LogP contribution in [0.5, 0.6) is 0 Å². The molecule has 0 aliphatic heterocycles. The first kappa shape index (κ1) is 13.9. The summed E-state index contributed by atoms with van der Waals surface area (Å²) in [6, 6.07) is 0. The maximum absolute atomic E-state index is 5.69. The minimum Gasteiger partial charge on any atom is -0.379 e. The van der Waals surface area contributed by atoms with Gasteiger partial charge in [0.1, 0.15) is 5.82 Å². The molecule has 0 amide bonds. The normalized spacial score (nSPS) is 15.1. The van der Waals surface area contributed by atoms with Gasteiger partial charge in [-0.1, -0.05) is 15.9 Å². The van der Waals surface area contributed by atoms with E-state index in [0.717, 1.165) is 36.7 Å². The van der Waals surface area contributed by atoms with Crippen molar-refractivity contribution in [3.05, 3.63) is 11.3 Å². The largest absolute Gasteiger partial charge is 0.379 e. The number of alkyl halides is 1. The number of halogens is 1. The van der Waals surface area contributed by atoms with Crippen molar-refractivity contribution in [1.82, 2.24) is 9.78 Å². The molecular weight excluding hydrogens is 294 g/mol. The summed E-state index contributed by atoms with van der Waals surface area (Å²) in [6.07, 6.45) is 2.70. The van der Waals surface area contributed by atoms with Crippen LogP contribution in [0, 0.1) is 12.8 Å². The molecule has 0 radical (unpaired) electrons. The Morgan fingerprint density at radius 1 is 1.50 bits per heavy atom. The Balaban J connectivity index is 1.88. The van der Waals surface area contributed by atoms with Crippen molar-refractivity contribution in [2.24, 2.45) is 13.0 Å². The first-order valence-electron chi connectivity index (χ1n) is 6.50. The number of aryl methyl sites for hydroxylation is 2. The van der Waals surface area contributed by atoms with E-state index in [-0.39, 0.29) is 0 Å². The fourth-order valence-corrected chi connectivity index (χ4v) is 2.82. The van der Waals surface area contributed by atoms with Crippen LogP contribution in [-0.4, -0.2) is 36.6 Å². The van der Waals surface area contributed by atoms with Crippen molar-refractivity contribution in [2.75, 3.05) is 31.7 Å². The number of aromatic nitrogens is 2. The lowest BCUT2D eigenvalue weighted by molar-refractivity contribution is 0.130. The molecule has 0 saturated heterocycles. The van der Waals surface area contributed by atoms with Crippen LogP contribution in [0.1, 0.15) is 24.1 Å². The second-order valence-corrected chi connectivity index (χ2v) is 5.65. The minimum absolute atomic E-state index is 0.791. The van der Waals surface area contributed by atoms with Crippen molar-refractivity contribution < 1.29 is 4.74 Å². The number of hydrogen-bond acceptors (Lipinski definition) is 3. The van der Waals surface area contributed by atoms with Gasteiger partial charge in [0.2, 0.25) is 0 Å². The van der Waals surface area contributed by atoms with Crippen LogP contribution in [0.4, 0.5) is 5.82 Å². The topological polar surface area (TPSA) is 30.3 Å². The van der Waals surface area contributed by atoms with Gasteiger partial charge in [-0.15, -0.1) is 0 Å². The number of nitrogens with zero attached hydrogens (tertiary/aromatic N) is 3. The molecule has 0 atom stereocenters. The number of hydrogen-bond donors (Lipinski definition) is 0. The summed E-state index contributed by atoms with van der Waals surface area (Å²) in [5.41, 5.74) is 2.36. The summed E-state index contributed by atoms with van der Waals surface area (Å²) in [4.78, 5) is 2.23. The highest BCUT2D eigenvalue weighted by Crippen LogP contribution is 2.29. The summed E-state index contributed by atoms with van der Waals surface area (Å²) in [5, 5.41) is 5.32. The number of anilines is 1. The monoisotopic (exact) mass is 315 g/mol. The Morgan fingerprint density at radius 2 is 2.22 bits per heavy atom. The van der Waals surface area contributed by atoms with Gasteiger partial charge in [0.25, 0.3) is 0 Å². The van der Waals surface area contributed by atoms with Crippen LogP contribution < -0.4 is 4.90 Å². The summed E-state index contributed by atoms with van der Waals surface area (Å²) in [5.74, 6) is 2.02. The summed E-state index contributed by atoms with van der Waals surface area (Å²) in [7, 11) is 4.10. The Kier molecular flexibility index (Phi) is 4.67. The Labute approximate surface area is 117 Å². The average Bonchev–Trinajstić information content (AvgIpc) is 3.09. The van der Waals surface area contributed by atoms with E-state index >= 15 is 0 Å². The van der Waals surface area contributed by atoms with E-state index in [0.29, 0.717) is 0 Å². The molecule has 1 aliphatic rings. The molecule has 0 aromatic carbocycles. The van der Waals surface area contributed by atoms with E-state index in [9.17, 15) is 0 Å². The van der Waals surface area contributed by atoms with Crippen molar-refractivity contribution in [3.63, 3.8) is 0 Å². The molecule has 4 nitrogen and oxygen atoms in total. The van der Waals surface area contributed by atoms with Crippen LogP contribution in [-0.2, 0) is 17.1 Å². The first-order valence-corrected chi connectivity index (χ1v) is 7.63. The molecule has 1 fully saturated rings. The molecular formula is C13H22BrN3O. The van der Waals surface area contributed by atoms with Gasteiger partial charge in [-0.25, -0.2) is 0 Å². The first-order chi connectivity index (χ1) is 8.63. The average molecular weight is 316 g/mol. The third kappa shape index (κ3) is 3.26. The van der Waals surface area contributed by atoms with Crippen molar-refractivity contribution >= 4 is 21.7 Å². The van der Waals surface area contributed by atoms with E-state index in [4.69, 9.17) is 4.74 Å². The molecule has 18 heavy (non-hydrogen) atoms. The maximum atomic E-state index is 5.69. The van der Waals surface area contributed by atoms with Crippen LogP contribution in [0.15, 0.2) is 0 Å². The third-order valence-corrected chi connectivity index (χ3v) is 3.99. The summed E-state index contributed by atoms with van der Waals surface area (Å²) < 4.78 is 7.64. The van der Waals surface area contributed by atoms with E-state index < -0.39 is 0 Å². The van der Waals surface area contributed by atoms with E-state index in [1.807, 2.05) is 11.7 Å². The standard InChI is InChI=1S/C13H22BrN3O/c1-10-12(8-14)13(17(3)15-10)16(2)6-7-18-9-11-4-5-11/h11H,4-9H2,1-3H3. The molecule has 102 valence electrons. The fourth-order valence-electron chi connectivity index (χ4n) is 2.17. The molecule has 5 heteroatoms. The number of rotatable bonds is 7. The fraction of sp³-hybridized carbons (Fsp3) is 0.769. The van der Waals surface area contributed by atoms with Gasteiger partial charge in [-0.3, -0.25) is 4.68 Å². The highest BCUT2D eigenvalue weighted by molar-refractivity contribution is 9.08. The smallest absolute Gasteiger partial charge is 0.130 e. The Hall–Kier alpha value is -0.550. The number of ether oxygens (including phenoxy) is 1. The van der Waals surface area contributed by atoms with Gasteiger partial charge < -0.3 is 9.64 Å². The highest BCUT2D eigenvalue weighted by atomic mass is 79.9. The Bertz CT molecular complexity index is 401. The maximum Gasteiger partial charge on any atom is 0.130 e. The van der Waals surface area contributed by atoms with Crippen LogP contribution in [0.2, 0.25) is 0 Å². The zero-order chi connectivity index (χ0) is 13.1. The summed E-state index contributed by atoms with van der Waals surface area (Å²) >= 11 is 3.54. The van der Waals surface area contributed by atoms with Gasteiger partial charge >= 0.3 is 0 Å². The molecule has 1 aliphatic carbocycles. The SMILES string of the molecule is Cc1nn(C)c(N(C)CCOCC2CC2)c1CBr. The van der Waals surface area contributed by atoms with Crippen LogP contribution >= 0.6 is 15.9 Å². The minimum atomic E-state index is 0.791. The Morgan fingerprint density at radius 3 is 2.83 bits per heavy atom. The predicted molar refractivity (Wildman–Crippen MR) is 77.4 cm³/mol. The van der Waals surface area contributed by atoms with E-state index in [2.05, 4.69) is 39.9 Å². The van der Waals surface area contributed by atoms with Gasteiger partial charge in [0, 0.05) is 38.1 Å². The van der Waals surface area contributed by atoms with Crippen LogP contribution in [0.3, 0.4) is 0 Å². The lowest BCUT2D eigenvalue weighted by atomic mass is 10.2. The third-order valence-electron chi connectivity index (χ3n) is 3.43. The van der Waals surface area contributed by atoms with Gasteiger partial charge in [0.15, 0.2) is 0 Å². The summed E-state index contributed by atoms with van der Waals surface area (Å²) in [6.45, 7) is 4.69. The van der Waals surface area contributed by atoms with E-state index in [1.165, 1.54) is 24.2 Å². The second kappa shape index (κ2) is 6.06. The quantitative estimate of drug-likeness (QED) is 0.572. The van der Waals surface area contributed by atoms with Crippen molar-refractivity contribution in [2.45, 2.75) is 25.1 Å². The number of likely N-dealkylation sites (N-methyl/N-ethyl adjacent to an activating group) is 1. The van der Waals surface area contributed by atoms with Gasteiger partial charge in [-0.05, 0) is 25.7 Å². The van der Waals surface area contributed by atoms with Crippen LogP contribution in [0.25, 0.3) is 0 Å².